The van der Waals surface area contributed by atoms with Crippen LogP contribution in [0.25, 0.3) is 0 Å². The number of esters is 1. The second-order valence-corrected chi connectivity index (χ2v) is 6.44. The van der Waals surface area contributed by atoms with Gasteiger partial charge in [-0.2, -0.15) is 5.26 Å². The summed E-state index contributed by atoms with van der Waals surface area (Å²) in [5.74, 6) is -0.950. The van der Waals surface area contributed by atoms with E-state index in [2.05, 4.69) is 5.32 Å². The molecule has 8 heteroatoms. The van der Waals surface area contributed by atoms with Crippen molar-refractivity contribution in [2.24, 2.45) is 0 Å². The van der Waals surface area contributed by atoms with Crippen LogP contribution in [-0.4, -0.2) is 24.1 Å². The molecule has 0 saturated heterocycles. The van der Waals surface area contributed by atoms with E-state index in [1.54, 1.807) is 30.3 Å². The van der Waals surface area contributed by atoms with E-state index < -0.39 is 24.1 Å². The van der Waals surface area contributed by atoms with Gasteiger partial charge in [0.1, 0.15) is 5.75 Å². The predicted octanol–water partition coefficient (Wildman–Crippen LogP) is 4.20. The Labute approximate surface area is 166 Å². The average Bonchev–Trinajstić information content (AvgIpc) is 2.64. The van der Waals surface area contributed by atoms with Crippen LogP contribution in [-0.2, 0) is 14.3 Å². The van der Waals surface area contributed by atoms with Crippen LogP contribution in [0.3, 0.4) is 0 Å². The number of nitrogens with one attached hydrogen (secondary N) is 1. The number of halogens is 2. The molecule has 27 heavy (non-hydrogen) atoms. The summed E-state index contributed by atoms with van der Waals surface area (Å²) in [7, 11) is 0. The first-order valence-corrected chi connectivity index (χ1v) is 8.69. The predicted molar refractivity (Wildman–Crippen MR) is 102 cm³/mol. The molecule has 0 aliphatic heterocycles. The third-order valence-corrected chi connectivity index (χ3v) is 4.00. The molecule has 1 N–H and O–H groups in total. The number of hydrogen-bond donors (Lipinski definition) is 1. The first kappa shape index (κ1) is 20.6. The summed E-state index contributed by atoms with van der Waals surface area (Å²) < 4.78 is 10.6. The van der Waals surface area contributed by atoms with Gasteiger partial charge in [0, 0.05) is 10.7 Å². The molecule has 0 unspecified atom stereocenters. The van der Waals surface area contributed by atoms with Gasteiger partial charge < -0.3 is 14.8 Å². The fourth-order valence-corrected chi connectivity index (χ4v) is 2.46. The van der Waals surface area contributed by atoms with Crippen molar-refractivity contribution in [1.29, 1.82) is 5.26 Å². The minimum absolute atomic E-state index is 0.258. The number of amides is 1. The average molecular weight is 407 g/mol. The molecule has 0 heterocycles. The SMILES string of the molecule is C[C@H](Oc1ccc(Cl)cc1Cl)C(=O)O[C@H](C)C(=O)Nc1ccc(C#N)cc1. The fraction of sp³-hybridized carbons (Fsp3) is 0.211. The highest BCUT2D eigenvalue weighted by atomic mass is 35.5. The summed E-state index contributed by atoms with van der Waals surface area (Å²) in [6, 6.07) is 12.9. The number of carbonyl (C=O) groups is 2. The number of anilines is 1. The van der Waals surface area contributed by atoms with Gasteiger partial charge >= 0.3 is 5.97 Å². The van der Waals surface area contributed by atoms with E-state index in [4.69, 9.17) is 37.9 Å². The molecule has 1 amide bonds. The third-order valence-electron chi connectivity index (χ3n) is 3.47. The van der Waals surface area contributed by atoms with E-state index in [9.17, 15) is 9.59 Å². The molecular formula is C19H16Cl2N2O4. The molecule has 2 aromatic rings. The fourth-order valence-electron chi connectivity index (χ4n) is 2.00. The zero-order chi connectivity index (χ0) is 20.0. The van der Waals surface area contributed by atoms with E-state index in [0.29, 0.717) is 16.3 Å². The normalized spacial score (nSPS) is 12.4. The lowest BCUT2D eigenvalue weighted by atomic mass is 10.2. The van der Waals surface area contributed by atoms with Gasteiger partial charge in [0.05, 0.1) is 16.7 Å². The monoisotopic (exact) mass is 406 g/mol. The van der Waals surface area contributed by atoms with Gasteiger partial charge in [0.2, 0.25) is 0 Å². The lowest BCUT2D eigenvalue weighted by molar-refractivity contribution is -0.159. The number of ether oxygens (including phenoxy) is 2. The first-order valence-electron chi connectivity index (χ1n) is 7.93. The van der Waals surface area contributed by atoms with Crippen molar-refractivity contribution in [2.75, 3.05) is 5.32 Å². The molecule has 0 saturated carbocycles. The summed E-state index contributed by atoms with van der Waals surface area (Å²) in [5.41, 5.74) is 0.957. The third kappa shape index (κ3) is 5.88. The molecule has 0 aromatic heterocycles. The molecule has 2 atom stereocenters. The maximum absolute atomic E-state index is 12.1. The van der Waals surface area contributed by atoms with E-state index in [0.717, 1.165) is 0 Å². The highest BCUT2D eigenvalue weighted by molar-refractivity contribution is 6.35. The van der Waals surface area contributed by atoms with Crippen molar-refractivity contribution >= 4 is 40.8 Å². The van der Waals surface area contributed by atoms with Crippen molar-refractivity contribution in [1.82, 2.24) is 0 Å². The molecule has 2 rings (SSSR count). The second kappa shape index (κ2) is 9.26. The summed E-state index contributed by atoms with van der Waals surface area (Å²) >= 11 is 11.8. The molecule has 0 bridgehead atoms. The molecule has 0 fully saturated rings. The standard InChI is InChI=1S/C19H16Cl2N2O4/c1-11(18(24)23-15-6-3-13(10-22)4-7-15)27-19(25)12(2)26-17-8-5-14(20)9-16(17)21/h3-9,11-12H,1-2H3,(H,23,24)/t11-,12+/m1/s1. The van der Waals surface area contributed by atoms with Gasteiger partial charge in [-0.3, -0.25) is 4.79 Å². The van der Waals surface area contributed by atoms with Crippen LogP contribution in [0.5, 0.6) is 5.75 Å². The Balaban J connectivity index is 1.91. The van der Waals surface area contributed by atoms with Crippen molar-refractivity contribution in [2.45, 2.75) is 26.1 Å². The Morgan fingerprint density at radius 1 is 1.07 bits per heavy atom. The Morgan fingerprint density at radius 2 is 1.74 bits per heavy atom. The maximum atomic E-state index is 12.1. The maximum Gasteiger partial charge on any atom is 0.347 e. The lowest BCUT2D eigenvalue weighted by Crippen LogP contribution is -2.35. The number of carbonyl (C=O) groups excluding carboxylic acids is 2. The van der Waals surface area contributed by atoms with Gasteiger partial charge in [-0.1, -0.05) is 23.2 Å². The number of rotatable bonds is 6. The van der Waals surface area contributed by atoms with Gasteiger partial charge in [0.25, 0.3) is 5.91 Å². The van der Waals surface area contributed by atoms with Crippen molar-refractivity contribution in [3.63, 3.8) is 0 Å². The molecule has 2 aromatic carbocycles. The molecule has 0 spiro atoms. The first-order chi connectivity index (χ1) is 12.8. The van der Waals surface area contributed by atoms with Gasteiger partial charge in [-0.25, -0.2) is 4.79 Å². The Morgan fingerprint density at radius 3 is 2.33 bits per heavy atom. The zero-order valence-electron chi connectivity index (χ0n) is 14.5. The highest BCUT2D eigenvalue weighted by Gasteiger charge is 2.24. The number of nitriles is 1. The van der Waals surface area contributed by atoms with Crippen molar-refractivity contribution < 1.29 is 19.1 Å². The number of hydrogen-bond acceptors (Lipinski definition) is 5. The van der Waals surface area contributed by atoms with Crippen LogP contribution in [0.1, 0.15) is 19.4 Å². The largest absolute Gasteiger partial charge is 0.477 e. The summed E-state index contributed by atoms with van der Waals surface area (Å²) in [6.07, 6.45) is -2.02. The molecule has 140 valence electrons. The van der Waals surface area contributed by atoms with E-state index in [1.165, 1.54) is 26.0 Å². The van der Waals surface area contributed by atoms with Crippen LogP contribution < -0.4 is 10.1 Å². The zero-order valence-corrected chi connectivity index (χ0v) is 16.0. The number of nitrogens with zero attached hydrogens (tertiary/aromatic N) is 1. The van der Waals surface area contributed by atoms with Crippen LogP contribution in [0, 0.1) is 11.3 Å². The topological polar surface area (TPSA) is 88.4 Å². The Bertz CT molecular complexity index is 878. The Hall–Kier alpha value is -2.75. The van der Waals surface area contributed by atoms with Crippen LogP contribution in [0.2, 0.25) is 10.0 Å². The molecule has 0 radical (unpaired) electrons. The number of benzene rings is 2. The van der Waals surface area contributed by atoms with E-state index >= 15 is 0 Å². The minimum Gasteiger partial charge on any atom is -0.477 e. The van der Waals surface area contributed by atoms with Gasteiger partial charge in [0.15, 0.2) is 12.2 Å². The summed E-state index contributed by atoms with van der Waals surface area (Å²) in [5, 5.41) is 12.1. The van der Waals surface area contributed by atoms with Gasteiger partial charge in [-0.05, 0) is 56.3 Å². The summed E-state index contributed by atoms with van der Waals surface area (Å²) in [6.45, 7) is 2.93. The quantitative estimate of drug-likeness (QED) is 0.725. The minimum atomic E-state index is -1.04. The van der Waals surface area contributed by atoms with Crippen LogP contribution in [0.15, 0.2) is 42.5 Å². The molecule has 0 aliphatic rings. The smallest absolute Gasteiger partial charge is 0.347 e. The van der Waals surface area contributed by atoms with E-state index in [-0.39, 0.29) is 10.8 Å². The molecule has 6 nitrogen and oxygen atoms in total. The lowest BCUT2D eigenvalue weighted by Gasteiger charge is -2.18. The van der Waals surface area contributed by atoms with Crippen LogP contribution in [0.4, 0.5) is 5.69 Å². The summed E-state index contributed by atoms with van der Waals surface area (Å²) in [4.78, 5) is 24.3. The van der Waals surface area contributed by atoms with Crippen molar-refractivity contribution in [3.8, 4) is 11.8 Å². The van der Waals surface area contributed by atoms with Crippen molar-refractivity contribution in [3.05, 3.63) is 58.1 Å². The molecular weight excluding hydrogens is 391 g/mol. The molecule has 0 aliphatic carbocycles. The van der Waals surface area contributed by atoms with E-state index in [1.807, 2.05) is 6.07 Å². The van der Waals surface area contributed by atoms with Crippen LogP contribution >= 0.6 is 23.2 Å². The highest BCUT2D eigenvalue weighted by Crippen LogP contribution is 2.28. The van der Waals surface area contributed by atoms with Gasteiger partial charge in [-0.15, -0.1) is 0 Å². The Kier molecular flexibility index (Phi) is 7.05. The second-order valence-electron chi connectivity index (χ2n) is 5.59.